The number of halogens is 1. The molecule has 0 heterocycles. The van der Waals surface area contributed by atoms with Gasteiger partial charge in [-0.15, -0.1) is 0 Å². The molecule has 0 aliphatic heterocycles. The fraction of sp³-hybridized carbons (Fsp3) is 0.350. The van der Waals surface area contributed by atoms with E-state index >= 15 is 0 Å². The van der Waals surface area contributed by atoms with Gasteiger partial charge in [0.2, 0.25) is 0 Å². The van der Waals surface area contributed by atoms with Gasteiger partial charge >= 0.3 is 6.03 Å². The van der Waals surface area contributed by atoms with Gasteiger partial charge in [-0.25, -0.2) is 9.18 Å². The smallest absolute Gasteiger partial charge is 0.318 e. The van der Waals surface area contributed by atoms with Crippen LogP contribution in [0.5, 0.6) is 5.75 Å². The summed E-state index contributed by atoms with van der Waals surface area (Å²) in [4.78, 5) is 14.1. The molecular formula is C20H25FN2O2. The second-order valence-electron chi connectivity index (χ2n) is 6.01. The molecule has 0 aliphatic carbocycles. The molecule has 0 saturated heterocycles. The van der Waals surface area contributed by atoms with E-state index in [1.807, 2.05) is 45.0 Å². The van der Waals surface area contributed by atoms with Crippen LogP contribution in [-0.2, 0) is 0 Å². The summed E-state index contributed by atoms with van der Waals surface area (Å²) in [6.45, 7) is 6.41. The summed E-state index contributed by atoms with van der Waals surface area (Å²) in [7, 11) is 1.73. The van der Waals surface area contributed by atoms with Gasteiger partial charge in [-0.3, -0.25) is 0 Å². The van der Waals surface area contributed by atoms with Gasteiger partial charge < -0.3 is 15.0 Å². The van der Waals surface area contributed by atoms with E-state index in [4.69, 9.17) is 4.74 Å². The Balaban J connectivity index is 1.98. The second-order valence-corrected chi connectivity index (χ2v) is 6.01. The molecule has 2 atom stereocenters. The van der Waals surface area contributed by atoms with E-state index in [1.54, 1.807) is 24.1 Å². The Morgan fingerprint density at radius 2 is 1.64 bits per heavy atom. The molecule has 2 aromatic rings. The maximum absolute atomic E-state index is 13.0. The zero-order valence-electron chi connectivity index (χ0n) is 15.1. The van der Waals surface area contributed by atoms with E-state index in [9.17, 15) is 9.18 Å². The average Bonchev–Trinajstić information content (AvgIpc) is 2.62. The summed E-state index contributed by atoms with van der Waals surface area (Å²) in [5, 5.41) is 2.98. The van der Waals surface area contributed by atoms with Gasteiger partial charge in [0.25, 0.3) is 0 Å². The van der Waals surface area contributed by atoms with E-state index in [2.05, 4.69) is 5.32 Å². The number of rotatable bonds is 6. The third-order valence-electron chi connectivity index (χ3n) is 4.28. The number of hydrogen-bond acceptors (Lipinski definition) is 2. The number of hydrogen-bond donors (Lipinski definition) is 1. The van der Waals surface area contributed by atoms with Gasteiger partial charge in [0.05, 0.1) is 18.7 Å². The normalized spacial score (nSPS) is 13.0. The van der Waals surface area contributed by atoms with E-state index in [-0.39, 0.29) is 23.9 Å². The van der Waals surface area contributed by atoms with Gasteiger partial charge in [-0.1, -0.05) is 24.3 Å². The van der Waals surface area contributed by atoms with Gasteiger partial charge in [-0.05, 0) is 56.2 Å². The van der Waals surface area contributed by atoms with Crippen molar-refractivity contribution in [2.45, 2.75) is 32.9 Å². The van der Waals surface area contributed by atoms with Crippen LogP contribution < -0.4 is 10.1 Å². The van der Waals surface area contributed by atoms with Crippen LogP contribution in [0, 0.1) is 5.82 Å². The Labute approximate surface area is 148 Å². The SMILES string of the molecule is CCOc1ccc([C@@H](C)NC(=O)N(C)[C@H](C)c2ccc(F)cc2)cc1. The van der Waals surface area contributed by atoms with Crippen LogP contribution in [0.3, 0.4) is 0 Å². The predicted molar refractivity (Wildman–Crippen MR) is 97.1 cm³/mol. The summed E-state index contributed by atoms with van der Waals surface area (Å²) in [5.74, 6) is 0.527. The van der Waals surface area contributed by atoms with Gasteiger partial charge in [0, 0.05) is 7.05 Å². The fourth-order valence-electron chi connectivity index (χ4n) is 2.53. The van der Waals surface area contributed by atoms with E-state index in [0.29, 0.717) is 6.61 Å². The molecule has 0 bridgehead atoms. The molecule has 0 aromatic heterocycles. The molecule has 0 aliphatic rings. The summed E-state index contributed by atoms with van der Waals surface area (Å²) < 4.78 is 18.5. The molecule has 0 radical (unpaired) electrons. The number of ether oxygens (including phenoxy) is 1. The van der Waals surface area contributed by atoms with Crippen LogP contribution >= 0.6 is 0 Å². The first kappa shape index (κ1) is 18.8. The van der Waals surface area contributed by atoms with Crippen LogP contribution in [0.2, 0.25) is 0 Å². The Hall–Kier alpha value is -2.56. The van der Waals surface area contributed by atoms with Crippen LogP contribution in [0.4, 0.5) is 9.18 Å². The van der Waals surface area contributed by atoms with Crippen molar-refractivity contribution in [2.75, 3.05) is 13.7 Å². The number of carbonyl (C=O) groups is 1. The molecule has 0 unspecified atom stereocenters. The topological polar surface area (TPSA) is 41.6 Å². The van der Waals surface area contributed by atoms with Crippen molar-refractivity contribution >= 4 is 6.03 Å². The molecular weight excluding hydrogens is 319 g/mol. The summed E-state index contributed by atoms with van der Waals surface area (Å²) in [6.07, 6.45) is 0. The Bertz CT molecular complexity index is 686. The molecule has 2 rings (SSSR count). The highest BCUT2D eigenvalue weighted by atomic mass is 19.1. The van der Waals surface area contributed by atoms with E-state index in [0.717, 1.165) is 16.9 Å². The lowest BCUT2D eigenvalue weighted by Crippen LogP contribution is -2.39. The third kappa shape index (κ3) is 4.95. The van der Waals surface area contributed by atoms with Gasteiger partial charge in [-0.2, -0.15) is 0 Å². The van der Waals surface area contributed by atoms with Crippen molar-refractivity contribution < 1.29 is 13.9 Å². The summed E-state index contributed by atoms with van der Waals surface area (Å²) in [6, 6.07) is 13.4. The highest BCUT2D eigenvalue weighted by molar-refractivity contribution is 5.75. The molecule has 25 heavy (non-hydrogen) atoms. The number of urea groups is 1. The van der Waals surface area contributed by atoms with Crippen LogP contribution in [-0.4, -0.2) is 24.6 Å². The fourth-order valence-corrected chi connectivity index (χ4v) is 2.53. The number of nitrogens with one attached hydrogen (secondary N) is 1. The molecule has 0 spiro atoms. The van der Waals surface area contributed by atoms with E-state index < -0.39 is 0 Å². The van der Waals surface area contributed by atoms with E-state index in [1.165, 1.54) is 12.1 Å². The van der Waals surface area contributed by atoms with Crippen molar-refractivity contribution in [3.8, 4) is 5.75 Å². The van der Waals surface area contributed by atoms with Gasteiger partial charge in [0.15, 0.2) is 0 Å². The molecule has 0 saturated carbocycles. The number of benzene rings is 2. The maximum Gasteiger partial charge on any atom is 0.318 e. The zero-order valence-corrected chi connectivity index (χ0v) is 15.1. The first-order valence-corrected chi connectivity index (χ1v) is 8.44. The standard InChI is InChI=1S/C20H25FN2O2/c1-5-25-19-12-8-16(9-13-19)14(2)22-20(24)23(4)15(3)17-6-10-18(21)11-7-17/h6-15H,5H2,1-4H3,(H,22,24)/t14-,15-/m1/s1. The molecule has 0 fully saturated rings. The summed E-state index contributed by atoms with van der Waals surface area (Å²) >= 11 is 0. The summed E-state index contributed by atoms with van der Waals surface area (Å²) in [5.41, 5.74) is 1.88. The maximum atomic E-state index is 13.0. The molecule has 2 amide bonds. The first-order chi connectivity index (χ1) is 11.9. The predicted octanol–water partition coefficient (Wildman–Crippen LogP) is 4.69. The molecule has 1 N–H and O–H groups in total. The van der Waals surface area contributed by atoms with Crippen molar-refractivity contribution in [3.05, 3.63) is 65.5 Å². The monoisotopic (exact) mass is 344 g/mol. The van der Waals surface area contributed by atoms with Crippen LogP contribution in [0.25, 0.3) is 0 Å². The number of nitrogens with zero attached hydrogens (tertiary/aromatic N) is 1. The first-order valence-electron chi connectivity index (χ1n) is 8.44. The lowest BCUT2D eigenvalue weighted by Gasteiger charge is -2.27. The van der Waals surface area contributed by atoms with Crippen molar-refractivity contribution in [1.29, 1.82) is 0 Å². The van der Waals surface area contributed by atoms with Crippen molar-refractivity contribution in [2.24, 2.45) is 0 Å². The van der Waals surface area contributed by atoms with Gasteiger partial charge in [0.1, 0.15) is 11.6 Å². The van der Waals surface area contributed by atoms with Crippen LogP contribution in [0.1, 0.15) is 44.0 Å². The quantitative estimate of drug-likeness (QED) is 0.826. The molecule has 134 valence electrons. The minimum atomic E-state index is -0.285. The highest BCUT2D eigenvalue weighted by Crippen LogP contribution is 2.21. The van der Waals surface area contributed by atoms with Crippen molar-refractivity contribution in [1.82, 2.24) is 10.2 Å². The molecule has 4 nitrogen and oxygen atoms in total. The minimum absolute atomic E-state index is 0.133. The van der Waals surface area contributed by atoms with Crippen LogP contribution in [0.15, 0.2) is 48.5 Å². The second kappa shape index (κ2) is 8.51. The highest BCUT2D eigenvalue weighted by Gasteiger charge is 2.19. The minimum Gasteiger partial charge on any atom is -0.494 e. The lowest BCUT2D eigenvalue weighted by atomic mass is 10.1. The molecule has 5 heteroatoms. The number of amides is 2. The number of carbonyl (C=O) groups excluding carboxylic acids is 1. The lowest BCUT2D eigenvalue weighted by molar-refractivity contribution is 0.191. The zero-order chi connectivity index (χ0) is 18.4. The van der Waals surface area contributed by atoms with Crippen molar-refractivity contribution in [3.63, 3.8) is 0 Å². The average molecular weight is 344 g/mol. The Kier molecular flexibility index (Phi) is 6.39. The third-order valence-corrected chi connectivity index (χ3v) is 4.28. The Morgan fingerprint density at radius 1 is 1.08 bits per heavy atom. The largest absolute Gasteiger partial charge is 0.494 e. The molecule has 2 aromatic carbocycles. The Morgan fingerprint density at radius 3 is 2.20 bits per heavy atom.